The van der Waals surface area contributed by atoms with Crippen molar-refractivity contribution in [1.29, 1.82) is 0 Å². The Morgan fingerprint density at radius 1 is 0.645 bits per heavy atom. The smallest absolute Gasteiger partial charge is 0.347 e. The number of carboxylic acid groups (broad SMARTS) is 2. The van der Waals surface area contributed by atoms with Crippen molar-refractivity contribution in [3.8, 4) is 11.5 Å². The summed E-state index contributed by atoms with van der Waals surface area (Å²) in [4.78, 5) is 24.5. The molecule has 6 nitrogen and oxygen atoms in total. The fourth-order valence-corrected chi connectivity index (χ4v) is 4.84. The van der Waals surface area contributed by atoms with Crippen LogP contribution in [-0.2, 0) is 9.59 Å². The number of ether oxygens (including phenoxy) is 2. The van der Waals surface area contributed by atoms with E-state index in [0.717, 1.165) is 9.79 Å². The van der Waals surface area contributed by atoms with Crippen molar-refractivity contribution >= 4 is 35.5 Å². The van der Waals surface area contributed by atoms with Crippen molar-refractivity contribution in [2.75, 3.05) is 0 Å². The van der Waals surface area contributed by atoms with E-state index in [-0.39, 0.29) is 4.08 Å². The average Bonchev–Trinajstić information content (AvgIpc) is 2.64. The molecule has 0 heterocycles. The maximum atomic E-state index is 11.2. The van der Waals surface area contributed by atoms with E-state index in [2.05, 4.69) is 13.8 Å². The van der Waals surface area contributed by atoms with Crippen LogP contribution in [0.1, 0.15) is 41.5 Å². The number of aliphatic carboxylic acids is 2. The Labute approximate surface area is 191 Å². The topological polar surface area (TPSA) is 93.1 Å². The molecule has 0 fully saturated rings. The number of thioether (sulfide) groups is 2. The Morgan fingerprint density at radius 3 is 1.19 bits per heavy atom. The minimum Gasteiger partial charge on any atom is -0.478 e. The molecule has 0 spiro atoms. The fraction of sp³-hybridized carbons (Fsp3) is 0.391. The Kier molecular flexibility index (Phi) is 7.60. The lowest BCUT2D eigenvalue weighted by Gasteiger charge is -2.25. The van der Waals surface area contributed by atoms with E-state index in [1.807, 2.05) is 24.3 Å². The van der Waals surface area contributed by atoms with Gasteiger partial charge >= 0.3 is 11.9 Å². The molecule has 0 radical (unpaired) electrons. The van der Waals surface area contributed by atoms with Gasteiger partial charge in [-0.1, -0.05) is 0 Å². The molecule has 168 valence electrons. The van der Waals surface area contributed by atoms with E-state index in [9.17, 15) is 19.8 Å². The lowest BCUT2D eigenvalue weighted by atomic mass is 10.1. The summed E-state index contributed by atoms with van der Waals surface area (Å²) in [5.74, 6) is -1.04. The van der Waals surface area contributed by atoms with Gasteiger partial charge < -0.3 is 19.7 Å². The van der Waals surface area contributed by atoms with Crippen LogP contribution in [0.5, 0.6) is 11.5 Å². The molecule has 0 saturated carbocycles. The first-order chi connectivity index (χ1) is 14.2. The molecule has 0 aliphatic heterocycles. The normalized spacial score (nSPS) is 12.3. The molecule has 0 amide bonds. The number of hydrogen-bond acceptors (Lipinski definition) is 6. The zero-order chi connectivity index (χ0) is 23.4. The van der Waals surface area contributed by atoms with Gasteiger partial charge in [-0.25, -0.2) is 9.59 Å². The number of carbonyl (C=O) groups is 2. The summed E-state index contributed by atoms with van der Waals surface area (Å²) >= 11 is 3.35. The van der Waals surface area contributed by atoms with Gasteiger partial charge in [0.05, 0.1) is 4.08 Å². The Hall–Kier alpha value is -2.32. The van der Waals surface area contributed by atoms with Gasteiger partial charge in [0.25, 0.3) is 0 Å². The van der Waals surface area contributed by atoms with Crippen LogP contribution >= 0.6 is 23.5 Å². The van der Waals surface area contributed by atoms with Crippen molar-refractivity contribution in [2.24, 2.45) is 0 Å². The monoisotopic (exact) mass is 464 g/mol. The van der Waals surface area contributed by atoms with E-state index < -0.39 is 23.1 Å². The summed E-state index contributed by atoms with van der Waals surface area (Å²) in [7, 11) is 0. The van der Waals surface area contributed by atoms with Gasteiger partial charge in [-0.05, 0) is 90.1 Å². The summed E-state index contributed by atoms with van der Waals surface area (Å²) in [6.07, 6.45) is 0. The van der Waals surface area contributed by atoms with Gasteiger partial charge in [0.1, 0.15) is 11.5 Å². The molecule has 0 unspecified atom stereocenters. The third-order valence-electron chi connectivity index (χ3n) is 4.15. The minimum absolute atomic E-state index is 0.189. The van der Waals surface area contributed by atoms with E-state index in [1.165, 1.54) is 27.7 Å². The number of carboxylic acids is 2. The van der Waals surface area contributed by atoms with Crippen LogP contribution in [0.25, 0.3) is 0 Å². The first kappa shape index (κ1) is 24.9. The highest BCUT2D eigenvalue weighted by atomic mass is 32.2. The average molecular weight is 465 g/mol. The van der Waals surface area contributed by atoms with Gasteiger partial charge in [0.15, 0.2) is 11.2 Å². The standard InChI is InChI=1S/C23H28O6S2/c1-21(2,19(24)25)28-15-7-11-17(12-8-15)30-23(5,6)31-18-13-9-16(10-14-18)29-22(3,4)20(26)27/h7-14H,1-6H3,(H,24,25)(H,26,27). The van der Waals surface area contributed by atoms with Crippen LogP contribution in [0.15, 0.2) is 58.3 Å². The highest BCUT2D eigenvalue weighted by molar-refractivity contribution is 8.18. The molecule has 0 aromatic heterocycles. The predicted octanol–water partition coefficient (Wildman–Crippen LogP) is 5.79. The Morgan fingerprint density at radius 2 is 0.935 bits per heavy atom. The van der Waals surface area contributed by atoms with Crippen molar-refractivity contribution in [2.45, 2.75) is 66.6 Å². The molecule has 0 saturated heterocycles. The summed E-state index contributed by atoms with van der Waals surface area (Å²) < 4.78 is 10.9. The van der Waals surface area contributed by atoms with Crippen LogP contribution in [0, 0.1) is 0 Å². The van der Waals surface area contributed by atoms with Crippen molar-refractivity contribution in [3.63, 3.8) is 0 Å². The largest absolute Gasteiger partial charge is 0.478 e. The summed E-state index contributed by atoms with van der Waals surface area (Å²) in [5, 5.41) is 18.4. The zero-order valence-electron chi connectivity index (χ0n) is 18.5. The molecule has 2 aromatic carbocycles. The second kappa shape index (κ2) is 9.44. The number of benzene rings is 2. The number of hydrogen-bond donors (Lipinski definition) is 2. The maximum Gasteiger partial charge on any atom is 0.347 e. The fourth-order valence-electron chi connectivity index (χ4n) is 2.42. The molecule has 2 N–H and O–H groups in total. The second-order valence-electron chi connectivity index (χ2n) is 8.38. The van der Waals surface area contributed by atoms with Crippen LogP contribution < -0.4 is 9.47 Å². The lowest BCUT2D eigenvalue weighted by molar-refractivity contribution is -0.152. The van der Waals surface area contributed by atoms with E-state index in [0.29, 0.717) is 11.5 Å². The predicted molar refractivity (Wildman–Crippen MR) is 123 cm³/mol. The summed E-state index contributed by atoms with van der Waals surface area (Å²) in [6, 6.07) is 14.7. The van der Waals surface area contributed by atoms with Crippen LogP contribution in [0.4, 0.5) is 0 Å². The minimum atomic E-state index is -1.29. The van der Waals surface area contributed by atoms with Gasteiger partial charge in [-0.15, -0.1) is 23.5 Å². The van der Waals surface area contributed by atoms with Crippen LogP contribution in [-0.4, -0.2) is 37.4 Å². The Balaban J connectivity index is 2.00. The summed E-state index contributed by atoms with van der Waals surface area (Å²) in [5.41, 5.74) is -2.58. The van der Waals surface area contributed by atoms with Crippen LogP contribution in [0.3, 0.4) is 0 Å². The lowest BCUT2D eigenvalue weighted by Crippen LogP contribution is -2.37. The SMILES string of the molecule is CC(C)(Sc1ccc(OC(C)(C)C(=O)O)cc1)Sc1ccc(OC(C)(C)C(=O)O)cc1. The van der Waals surface area contributed by atoms with Crippen molar-refractivity contribution in [1.82, 2.24) is 0 Å². The van der Waals surface area contributed by atoms with Gasteiger partial charge in [-0.3, -0.25) is 0 Å². The van der Waals surface area contributed by atoms with E-state index in [1.54, 1.807) is 47.8 Å². The van der Waals surface area contributed by atoms with E-state index in [4.69, 9.17) is 9.47 Å². The molecule has 0 aliphatic rings. The van der Waals surface area contributed by atoms with Crippen molar-refractivity contribution < 1.29 is 29.3 Å². The molecule has 0 atom stereocenters. The second-order valence-corrected chi connectivity index (χ2v) is 12.0. The molecule has 2 rings (SSSR count). The number of rotatable bonds is 10. The third-order valence-corrected chi connectivity index (χ3v) is 6.65. The zero-order valence-corrected chi connectivity index (χ0v) is 20.1. The van der Waals surface area contributed by atoms with E-state index >= 15 is 0 Å². The molecule has 0 aliphatic carbocycles. The highest BCUT2D eigenvalue weighted by Gasteiger charge is 2.30. The third kappa shape index (κ3) is 7.40. The van der Waals surface area contributed by atoms with Crippen molar-refractivity contribution in [3.05, 3.63) is 48.5 Å². The molecule has 0 bridgehead atoms. The quantitative estimate of drug-likeness (QED) is 0.337. The molecular formula is C23H28O6S2. The van der Waals surface area contributed by atoms with Crippen LogP contribution in [0.2, 0.25) is 0 Å². The molecule has 2 aromatic rings. The highest BCUT2D eigenvalue weighted by Crippen LogP contribution is 2.45. The van der Waals surface area contributed by atoms with Gasteiger partial charge in [-0.2, -0.15) is 0 Å². The first-order valence-corrected chi connectivity index (χ1v) is 11.3. The molecule has 31 heavy (non-hydrogen) atoms. The molecular weight excluding hydrogens is 436 g/mol. The Bertz CT molecular complexity index is 843. The first-order valence-electron chi connectivity index (χ1n) is 9.63. The maximum absolute atomic E-state index is 11.2. The van der Waals surface area contributed by atoms with Gasteiger partial charge in [0.2, 0.25) is 0 Å². The molecule has 8 heteroatoms. The van der Waals surface area contributed by atoms with Gasteiger partial charge in [0, 0.05) is 9.79 Å². The summed E-state index contributed by atoms with van der Waals surface area (Å²) in [6.45, 7) is 10.3.